The summed E-state index contributed by atoms with van der Waals surface area (Å²) in [5.74, 6) is -1.57. The predicted octanol–water partition coefficient (Wildman–Crippen LogP) is 4.37. The molecular weight excluding hydrogens is 304 g/mol. The molecule has 1 rings (SSSR count). The van der Waals surface area contributed by atoms with E-state index >= 15 is 0 Å². The van der Waals surface area contributed by atoms with E-state index in [0.717, 1.165) is 19.3 Å². The molecule has 2 atom stereocenters. The summed E-state index contributed by atoms with van der Waals surface area (Å²) >= 11 is 0. The van der Waals surface area contributed by atoms with Crippen LogP contribution >= 0.6 is 0 Å². The molecule has 24 heavy (non-hydrogen) atoms. The minimum Gasteiger partial charge on any atom is -0.465 e. The van der Waals surface area contributed by atoms with Crippen LogP contribution in [0.25, 0.3) is 0 Å². The normalized spacial score (nSPS) is 20.6. The third kappa shape index (κ3) is 7.62. The summed E-state index contributed by atoms with van der Waals surface area (Å²) in [4.78, 5) is 24.5. The number of ether oxygens (including phenoxy) is 2. The average molecular weight is 334 g/mol. The quantitative estimate of drug-likeness (QED) is 0.338. The van der Waals surface area contributed by atoms with E-state index in [0.29, 0.717) is 32.5 Å². The minimum atomic E-state index is -0.521. The van der Waals surface area contributed by atoms with Crippen molar-refractivity contribution in [1.29, 1.82) is 0 Å². The molecule has 4 nitrogen and oxygen atoms in total. The van der Waals surface area contributed by atoms with Crippen LogP contribution < -0.4 is 0 Å². The van der Waals surface area contributed by atoms with E-state index in [1.807, 2.05) is 30.4 Å². The fourth-order valence-corrected chi connectivity index (χ4v) is 2.57. The summed E-state index contributed by atoms with van der Waals surface area (Å²) in [5.41, 5.74) is 0. The number of allylic oxidation sites excluding steroid dienone is 3. The van der Waals surface area contributed by atoms with Crippen LogP contribution in [0.3, 0.4) is 0 Å². The molecule has 0 saturated heterocycles. The molecule has 0 radical (unpaired) electrons. The molecule has 0 aromatic rings. The summed E-state index contributed by atoms with van der Waals surface area (Å²) in [7, 11) is 0. The van der Waals surface area contributed by atoms with Gasteiger partial charge in [-0.2, -0.15) is 0 Å². The lowest BCUT2D eigenvalue weighted by atomic mass is 9.84. The maximum Gasteiger partial charge on any atom is 0.313 e. The molecule has 4 heteroatoms. The van der Waals surface area contributed by atoms with Crippen molar-refractivity contribution < 1.29 is 19.1 Å². The van der Waals surface area contributed by atoms with Crippen LogP contribution in [0.1, 0.15) is 52.4 Å². The summed E-state index contributed by atoms with van der Waals surface area (Å²) in [6.45, 7) is 4.83. The van der Waals surface area contributed by atoms with Crippen molar-refractivity contribution in [1.82, 2.24) is 0 Å². The molecule has 0 aromatic heterocycles. The van der Waals surface area contributed by atoms with Crippen LogP contribution in [-0.2, 0) is 19.1 Å². The topological polar surface area (TPSA) is 52.6 Å². The molecule has 0 aliphatic heterocycles. The van der Waals surface area contributed by atoms with Crippen LogP contribution in [-0.4, -0.2) is 25.2 Å². The third-order valence-electron chi connectivity index (χ3n) is 3.86. The van der Waals surface area contributed by atoms with Gasteiger partial charge in [-0.15, -0.1) is 0 Å². The first-order chi connectivity index (χ1) is 11.7. The first-order valence-corrected chi connectivity index (χ1v) is 9.00. The Kier molecular flexibility index (Phi) is 10.6. The Morgan fingerprint density at radius 3 is 2.12 bits per heavy atom. The highest BCUT2D eigenvalue weighted by Crippen LogP contribution is 2.27. The van der Waals surface area contributed by atoms with Gasteiger partial charge in [0.2, 0.25) is 0 Å². The number of esters is 2. The number of hydrogen-bond acceptors (Lipinski definition) is 4. The summed E-state index contributed by atoms with van der Waals surface area (Å²) in [6.07, 6.45) is 16.6. The first kappa shape index (κ1) is 20.2. The first-order valence-electron chi connectivity index (χ1n) is 9.00. The van der Waals surface area contributed by atoms with E-state index in [-0.39, 0.29) is 11.9 Å². The largest absolute Gasteiger partial charge is 0.465 e. The van der Waals surface area contributed by atoms with Gasteiger partial charge in [0.05, 0.1) is 25.0 Å². The molecule has 0 spiro atoms. The number of hydrogen-bond donors (Lipinski definition) is 0. The van der Waals surface area contributed by atoms with Crippen LogP contribution in [0, 0.1) is 11.8 Å². The van der Waals surface area contributed by atoms with Gasteiger partial charge in [-0.05, 0) is 38.5 Å². The second-order valence-corrected chi connectivity index (χ2v) is 5.81. The second-order valence-electron chi connectivity index (χ2n) is 5.81. The Labute approximate surface area is 145 Å². The molecule has 0 fully saturated rings. The summed E-state index contributed by atoms with van der Waals surface area (Å²) in [5, 5.41) is 0. The highest BCUT2D eigenvalue weighted by molar-refractivity contribution is 5.83. The standard InChI is InChI=1S/C20H30O4/c1-3-5-7-11-15-23-19(21)17-13-9-10-14-18(17)20(22)24-16-12-8-6-4-2/h5-9,13,17-18H,3-4,10-12,14-16H2,1-2H3/b7-5+,8-6+. The van der Waals surface area contributed by atoms with Crippen molar-refractivity contribution in [3.63, 3.8) is 0 Å². The smallest absolute Gasteiger partial charge is 0.313 e. The Balaban J connectivity index is 2.45. The van der Waals surface area contributed by atoms with Crippen LogP contribution in [0.15, 0.2) is 36.5 Å². The van der Waals surface area contributed by atoms with Crippen LogP contribution in [0.2, 0.25) is 0 Å². The maximum absolute atomic E-state index is 12.3. The molecule has 0 amide bonds. The lowest BCUT2D eigenvalue weighted by Gasteiger charge is -2.24. The predicted molar refractivity (Wildman–Crippen MR) is 95.4 cm³/mol. The molecule has 0 saturated carbocycles. The zero-order valence-corrected chi connectivity index (χ0v) is 14.9. The Morgan fingerprint density at radius 1 is 0.958 bits per heavy atom. The maximum atomic E-state index is 12.3. The van der Waals surface area contributed by atoms with E-state index < -0.39 is 11.8 Å². The molecule has 0 N–H and O–H groups in total. The van der Waals surface area contributed by atoms with Gasteiger partial charge < -0.3 is 9.47 Å². The van der Waals surface area contributed by atoms with Gasteiger partial charge in [-0.25, -0.2) is 0 Å². The third-order valence-corrected chi connectivity index (χ3v) is 3.86. The van der Waals surface area contributed by atoms with Gasteiger partial charge in [0.1, 0.15) is 0 Å². The van der Waals surface area contributed by atoms with Gasteiger partial charge in [-0.1, -0.05) is 50.3 Å². The van der Waals surface area contributed by atoms with E-state index in [4.69, 9.17) is 9.47 Å². The van der Waals surface area contributed by atoms with Gasteiger partial charge in [0, 0.05) is 0 Å². The second kappa shape index (κ2) is 12.6. The highest BCUT2D eigenvalue weighted by Gasteiger charge is 2.35. The van der Waals surface area contributed by atoms with Crippen molar-refractivity contribution in [3.05, 3.63) is 36.5 Å². The van der Waals surface area contributed by atoms with Crippen LogP contribution in [0.4, 0.5) is 0 Å². The fourth-order valence-electron chi connectivity index (χ4n) is 2.57. The zero-order valence-electron chi connectivity index (χ0n) is 14.9. The summed E-state index contributed by atoms with van der Waals surface area (Å²) < 4.78 is 10.6. The van der Waals surface area contributed by atoms with Gasteiger partial charge >= 0.3 is 11.9 Å². The number of carbonyl (C=O) groups excluding carboxylic acids is 2. The Hall–Kier alpha value is -1.84. The Bertz CT molecular complexity index is 462. The van der Waals surface area contributed by atoms with Crippen molar-refractivity contribution in [3.8, 4) is 0 Å². The van der Waals surface area contributed by atoms with E-state index in [2.05, 4.69) is 13.8 Å². The fraction of sp³-hybridized carbons (Fsp3) is 0.600. The van der Waals surface area contributed by atoms with E-state index in [1.54, 1.807) is 6.08 Å². The van der Waals surface area contributed by atoms with Crippen molar-refractivity contribution in [2.45, 2.75) is 52.4 Å². The van der Waals surface area contributed by atoms with E-state index in [9.17, 15) is 9.59 Å². The monoisotopic (exact) mass is 334 g/mol. The zero-order chi connectivity index (χ0) is 17.6. The highest BCUT2D eigenvalue weighted by atomic mass is 16.5. The molecule has 0 aromatic carbocycles. The van der Waals surface area contributed by atoms with Crippen molar-refractivity contribution in [2.75, 3.05) is 13.2 Å². The lowest BCUT2D eigenvalue weighted by molar-refractivity contribution is -0.159. The summed E-state index contributed by atoms with van der Waals surface area (Å²) in [6, 6.07) is 0. The number of rotatable bonds is 10. The SMILES string of the molecule is CC/C=C/CCOC(=O)C1C=CCCC1C(=O)OCC/C=C/CC. The molecule has 1 aliphatic carbocycles. The lowest BCUT2D eigenvalue weighted by Crippen LogP contribution is -2.33. The molecule has 2 unspecified atom stereocenters. The van der Waals surface area contributed by atoms with Gasteiger partial charge in [-0.3, -0.25) is 9.59 Å². The average Bonchev–Trinajstić information content (AvgIpc) is 2.61. The molecular formula is C20H30O4. The van der Waals surface area contributed by atoms with Crippen molar-refractivity contribution >= 4 is 11.9 Å². The molecule has 1 aliphatic rings. The molecule has 0 heterocycles. The van der Waals surface area contributed by atoms with Crippen LogP contribution in [0.5, 0.6) is 0 Å². The van der Waals surface area contributed by atoms with Gasteiger partial charge in [0.25, 0.3) is 0 Å². The number of carbonyl (C=O) groups is 2. The van der Waals surface area contributed by atoms with Crippen molar-refractivity contribution in [2.24, 2.45) is 11.8 Å². The minimum absolute atomic E-state index is 0.294. The molecule has 134 valence electrons. The van der Waals surface area contributed by atoms with E-state index in [1.165, 1.54) is 0 Å². The molecule has 0 bridgehead atoms. The van der Waals surface area contributed by atoms with Gasteiger partial charge in [0.15, 0.2) is 0 Å². The Morgan fingerprint density at radius 2 is 1.54 bits per heavy atom.